The lowest BCUT2D eigenvalue weighted by Gasteiger charge is -2.15. The minimum Gasteiger partial charge on any atom is -0.441 e. The van der Waals surface area contributed by atoms with Crippen molar-refractivity contribution in [3.8, 4) is 11.5 Å². The molecule has 0 bridgehead atoms. The van der Waals surface area contributed by atoms with Crippen LogP contribution in [0.15, 0.2) is 51.6 Å². The number of thiophene rings is 1. The molecule has 26 heavy (non-hydrogen) atoms. The smallest absolute Gasteiger partial charge is 0.227 e. The highest BCUT2D eigenvalue weighted by Crippen LogP contribution is 2.29. The molecule has 2 atom stereocenters. The first-order valence-electron chi connectivity index (χ1n) is 8.22. The number of aryl methyl sites for hydroxylation is 1. The van der Waals surface area contributed by atoms with Crippen molar-refractivity contribution in [1.29, 1.82) is 0 Å². The van der Waals surface area contributed by atoms with Crippen LogP contribution in [0.25, 0.3) is 11.5 Å². The molecule has 0 radical (unpaired) electrons. The monoisotopic (exact) mass is 411 g/mol. The second-order valence-corrected chi connectivity index (χ2v) is 7.19. The zero-order valence-corrected chi connectivity index (χ0v) is 16.9. The first-order chi connectivity index (χ1) is 11.7. The molecule has 1 aliphatic heterocycles. The molecular weight excluding hydrogens is 389 g/mol. The van der Waals surface area contributed by atoms with E-state index in [9.17, 15) is 0 Å². The van der Waals surface area contributed by atoms with E-state index in [1.54, 1.807) is 11.3 Å². The number of aromatic nitrogens is 1. The lowest BCUT2D eigenvalue weighted by atomic mass is 9.95. The van der Waals surface area contributed by atoms with Gasteiger partial charge in [0.15, 0.2) is 0 Å². The summed E-state index contributed by atoms with van der Waals surface area (Å²) in [7, 11) is 0. The Labute approximate surface area is 170 Å². The van der Waals surface area contributed by atoms with E-state index in [-0.39, 0.29) is 30.9 Å². The summed E-state index contributed by atoms with van der Waals surface area (Å²) in [5, 5.41) is 4.10. The molecule has 0 aliphatic carbocycles. The average Bonchev–Trinajstić information content (AvgIpc) is 3.30. The fourth-order valence-corrected chi connectivity index (χ4v) is 4.02. The van der Waals surface area contributed by atoms with Crippen LogP contribution in [0.2, 0.25) is 0 Å². The summed E-state index contributed by atoms with van der Waals surface area (Å²) in [6.45, 7) is 4.63. The van der Waals surface area contributed by atoms with Crippen molar-refractivity contribution in [2.24, 2.45) is 5.73 Å². The number of benzene rings is 1. The summed E-state index contributed by atoms with van der Waals surface area (Å²) in [6.07, 6.45) is 0. The van der Waals surface area contributed by atoms with Gasteiger partial charge in [0.1, 0.15) is 5.76 Å². The van der Waals surface area contributed by atoms with Gasteiger partial charge in [-0.3, -0.25) is 4.90 Å². The Morgan fingerprint density at radius 2 is 1.96 bits per heavy atom. The Bertz CT molecular complexity index is 808. The number of hydrogen-bond acceptors (Lipinski definition) is 5. The number of nitrogens with zero attached hydrogens (tertiary/aromatic N) is 2. The Morgan fingerprint density at radius 3 is 2.65 bits per heavy atom. The quantitative estimate of drug-likeness (QED) is 0.687. The summed E-state index contributed by atoms with van der Waals surface area (Å²) in [4.78, 5) is 7.08. The maximum absolute atomic E-state index is 6.39. The van der Waals surface area contributed by atoms with Crippen molar-refractivity contribution < 1.29 is 4.42 Å². The summed E-state index contributed by atoms with van der Waals surface area (Å²) in [5.41, 5.74) is 9.78. The van der Waals surface area contributed by atoms with Gasteiger partial charge in [0.25, 0.3) is 0 Å². The standard InChI is InChI=1S/C19H21N3OS.2ClH/c1-13-18(21-19(23-13)15-7-8-24-12-15)11-22-9-16(17(20)10-22)14-5-3-2-4-6-14;;/h2-8,12,16-17H,9-11,20H2,1H3;2*1H/t16-,17+;;/m0../s1. The number of rotatable bonds is 4. The van der Waals surface area contributed by atoms with E-state index >= 15 is 0 Å². The van der Waals surface area contributed by atoms with Gasteiger partial charge < -0.3 is 10.2 Å². The van der Waals surface area contributed by atoms with E-state index in [2.05, 4.69) is 34.5 Å². The molecule has 0 spiro atoms. The van der Waals surface area contributed by atoms with Crippen LogP contribution in [0.4, 0.5) is 0 Å². The maximum Gasteiger partial charge on any atom is 0.227 e. The van der Waals surface area contributed by atoms with Gasteiger partial charge >= 0.3 is 0 Å². The van der Waals surface area contributed by atoms with Crippen LogP contribution in [-0.2, 0) is 6.54 Å². The Hall–Kier alpha value is -1.37. The Balaban J connectivity index is 0.00000121. The molecule has 3 heterocycles. The number of oxazole rings is 1. The van der Waals surface area contributed by atoms with Crippen LogP contribution >= 0.6 is 36.2 Å². The van der Waals surface area contributed by atoms with Gasteiger partial charge in [0.05, 0.1) is 5.69 Å². The van der Waals surface area contributed by atoms with Gasteiger partial charge in [-0.2, -0.15) is 11.3 Å². The molecule has 1 fully saturated rings. The van der Waals surface area contributed by atoms with Crippen LogP contribution in [0.3, 0.4) is 0 Å². The molecule has 7 heteroatoms. The van der Waals surface area contributed by atoms with Gasteiger partial charge in [0.2, 0.25) is 5.89 Å². The average molecular weight is 412 g/mol. The van der Waals surface area contributed by atoms with Gasteiger partial charge in [-0.15, -0.1) is 24.8 Å². The second-order valence-electron chi connectivity index (χ2n) is 6.41. The Morgan fingerprint density at radius 1 is 1.19 bits per heavy atom. The predicted octanol–water partition coefficient (Wildman–Crippen LogP) is 4.48. The van der Waals surface area contributed by atoms with Gasteiger partial charge in [-0.25, -0.2) is 4.98 Å². The van der Waals surface area contributed by atoms with Crippen molar-refractivity contribution in [2.45, 2.75) is 25.4 Å². The molecule has 0 saturated carbocycles. The van der Waals surface area contributed by atoms with Crippen molar-refractivity contribution in [2.75, 3.05) is 13.1 Å². The molecule has 4 rings (SSSR count). The van der Waals surface area contributed by atoms with Crippen LogP contribution < -0.4 is 5.73 Å². The molecule has 0 unspecified atom stereocenters. The number of hydrogen-bond donors (Lipinski definition) is 1. The third-order valence-corrected chi connectivity index (χ3v) is 5.39. The summed E-state index contributed by atoms with van der Waals surface area (Å²) in [6, 6.07) is 12.8. The first kappa shape index (κ1) is 20.9. The molecule has 1 aromatic carbocycles. The van der Waals surface area contributed by atoms with E-state index < -0.39 is 0 Å². The highest BCUT2D eigenvalue weighted by atomic mass is 35.5. The third kappa shape index (κ3) is 4.30. The zero-order valence-electron chi connectivity index (χ0n) is 14.5. The van der Waals surface area contributed by atoms with E-state index in [0.717, 1.165) is 36.7 Å². The number of nitrogens with two attached hydrogens (primary N) is 1. The largest absolute Gasteiger partial charge is 0.441 e. The SMILES string of the molecule is Cc1oc(-c2ccsc2)nc1CN1C[C@@H](N)[C@H](c2ccccc2)C1.Cl.Cl. The van der Waals surface area contributed by atoms with Crippen molar-refractivity contribution >= 4 is 36.2 Å². The molecule has 0 amide bonds. The molecule has 1 aliphatic rings. The van der Waals surface area contributed by atoms with Crippen molar-refractivity contribution in [1.82, 2.24) is 9.88 Å². The van der Waals surface area contributed by atoms with Crippen LogP contribution in [0, 0.1) is 6.92 Å². The second kappa shape index (κ2) is 9.02. The van der Waals surface area contributed by atoms with Crippen molar-refractivity contribution in [3.63, 3.8) is 0 Å². The molecule has 140 valence electrons. The fourth-order valence-electron chi connectivity index (χ4n) is 3.39. The molecule has 4 nitrogen and oxygen atoms in total. The maximum atomic E-state index is 6.39. The Kier molecular flexibility index (Phi) is 7.26. The fraction of sp³-hybridized carbons (Fsp3) is 0.316. The molecular formula is C19H23Cl2N3OS. The summed E-state index contributed by atoms with van der Waals surface area (Å²) in [5.74, 6) is 1.99. The van der Waals surface area contributed by atoms with E-state index in [0.29, 0.717) is 11.8 Å². The van der Waals surface area contributed by atoms with Crippen LogP contribution in [0.5, 0.6) is 0 Å². The van der Waals surface area contributed by atoms with Gasteiger partial charge in [-0.1, -0.05) is 30.3 Å². The third-order valence-electron chi connectivity index (χ3n) is 4.70. The van der Waals surface area contributed by atoms with Crippen LogP contribution in [0.1, 0.15) is 22.9 Å². The van der Waals surface area contributed by atoms with Gasteiger partial charge in [0, 0.05) is 42.5 Å². The normalized spacial score (nSPS) is 19.8. The highest BCUT2D eigenvalue weighted by molar-refractivity contribution is 7.08. The lowest BCUT2D eigenvalue weighted by molar-refractivity contribution is 0.318. The lowest BCUT2D eigenvalue weighted by Crippen LogP contribution is -2.28. The predicted molar refractivity (Wildman–Crippen MR) is 111 cm³/mol. The molecule has 1 saturated heterocycles. The molecule has 3 aromatic rings. The van der Waals surface area contributed by atoms with E-state index in [1.165, 1.54) is 5.56 Å². The molecule has 2 aromatic heterocycles. The van der Waals surface area contributed by atoms with Gasteiger partial charge in [-0.05, 0) is 23.9 Å². The van der Waals surface area contributed by atoms with Crippen LogP contribution in [-0.4, -0.2) is 29.0 Å². The van der Waals surface area contributed by atoms with E-state index in [4.69, 9.17) is 15.1 Å². The summed E-state index contributed by atoms with van der Waals surface area (Å²) < 4.78 is 5.85. The van der Waals surface area contributed by atoms with Crippen molar-refractivity contribution in [3.05, 3.63) is 64.2 Å². The zero-order chi connectivity index (χ0) is 16.5. The topological polar surface area (TPSA) is 55.3 Å². The highest BCUT2D eigenvalue weighted by Gasteiger charge is 2.31. The minimum atomic E-state index is 0. The number of halogens is 2. The van der Waals surface area contributed by atoms with E-state index in [1.807, 2.05) is 24.4 Å². The molecule has 2 N–H and O–H groups in total. The first-order valence-corrected chi connectivity index (χ1v) is 9.17. The summed E-state index contributed by atoms with van der Waals surface area (Å²) >= 11 is 1.65. The minimum absolute atomic E-state index is 0. The number of likely N-dealkylation sites (tertiary alicyclic amines) is 1.